The predicted octanol–water partition coefficient (Wildman–Crippen LogP) is 3.67. The number of benzene rings is 1. The molecule has 3 rings (SSSR count). The highest BCUT2D eigenvalue weighted by molar-refractivity contribution is 6.32. The molecule has 1 aromatic carbocycles. The zero-order chi connectivity index (χ0) is 12.5. The highest BCUT2D eigenvalue weighted by Gasteiger charge is 2.05. The molecule has 0 atom stereocenters. The van der Waals surface area contributed by atoms with Crippen LogP contribution < -0.4 is 5.32 Å². The van der Waals surface area contributed by atoms with Gasteiger partial charge in [-0.3, -0.25) is 0 Å². The number of fused-ring (bicyclic) bond motifs is 1. The standard InChI is InChI=1S/C13H10ClN3O/c14-10-2-1-8(7-12(10)18)17-13-9-3-5-15-11(9)4-6-16-13/h1-7,15,18H,(H,16,17). The number of phenols is 1. The topological polar surface area (TPSA) is 60.9 Å². The molecule has 18 heavy (non-hydrogen) atoms. The Labute approximate surface area is 108 Å². The van der Waals surface area contributed by atoms with Gasteiger partial charge in [-0.2, -0.15) is 0 Å². The van der Waals surface area contributed by atoms with E-state index < -0.39 is 0 Å². The van der Waals surface area contributed by atoms with E-state index in [0.29, 0.717) is 5.02 Å². The molecule has 0 aliphatic carbocycles. The molecule has 90 valence electrons. The van der Waals surface area contributed by atoms with E-state index in [-0.39, 0.29) is 5.75 Å². The van der Waals surface area contributed by atoms with Crippen molar-refractivity contribution in [2.24, 2.45) is 0 Å². The molecule has 0 radical (unpaired) electrons. The van der Waals surface area contributed by atoms with Crippen molar-refractivity contribution in [3.05, 3.63) is 47.7 Å². The molecule has 0 spiro atoms. The number of aromatic hydroxyl groups is 1. The molecule has 4 nitrogen and oxygen atoms in total. The van der Waals surface area contributed by atoms with Crippen LogP contribution in [0, 0.1) is 0 Å². The van der Waals surface area contributed by atoms with Crippen LogP contribution in [0.25, 0.3) is 10.9 Å². The van der Waals surface area contributed by atoms with Crippen LogP contribution in [0.1, 0.15) is 0 Å². The number of anilines is 2. The maximum Gasteiger partial charge on any atom is 0.139 e. The molecule has 2 aromatic heterocycles. The van der Waals surface area contributed by atoms with Crippen LogP contribution in [0.4, 0.5) is 11.5 Å². The van der Waals surface area contributed by atoms with E-state index in [1.54, 1.807) is 24.4 Å². The molecule has 5 heteroatoms. The molecule has 2 heterocycles. The van der Waals surface area contributed by atoms with Crippen LogP contribution >= 0.6 is 11.6 Å². The summed E-state index contributed by atoms with van der Waals surface area (Å²) < 4.78 is 0. The van der Waals surface area contributed by atoms with Gasteiger partial charge in [-0.1, -0.05) is 11.6 Å². The summed E-state index contributed by atoms with van der Waals surface area (Å²) in [5, 5.41) is 14.0. The minimum Gasteiger partial charge on any atom is -0.506 e. The van der Waals surface area contributed by atoms with Gasteiger partial charge in [-0.05, 0) is 24.3 Å². The summed E-state index contributed by atoms with van der Waals surface area (Å²) in [6.45, 7) is 0. The Morgan fingerprint density at radius 1 is 1.22 bits per heavy atom. The van der Waals surface area contributed by atoms with Crippen molar-refractivity contribution in [2.45, 2.75) is 0 Å². The van der Waals surface area contributed by atoms with Gasteiger partial charge in [0.25, 0.3) is 0 Å². The molecule has 0 saturated heterocycles. The number of halogens is 1. The minimum atomic E-state index is 0.0444. The third-order valence-electron chi connectivity index (χ3n) is 2.69. The summed E-state index contributed by atoms with van der Waals surface area (Å²) in [5.41, 5.74) is 1.74. The lowest BCUT2D eigenvalue weighted by atomic mass is 10.2. The van der Waals surface area contributed by atoms with E-state index in [1.165, 1.54) is 0 Å². The first-order valence-corrected chi connectivity index (χ1v) is 5.79. The highest BCUT2D eigenvalue weighted by Crippen LogP contribution is 2.29. The van der Waals surface area contributed by atoms with Crippen LogP contribution in [-0.4, -0.2) is 15.1 Å². The van der Waals surface area contributed by atoms with Gasteiger partial charge in [0.15, 0.2) is 0 Å². The fourth-order valence-corrected chi connectivity index (χ4v) is 1.93. The zero-order valence-corrected chi connectivity index (χ0v) is 10.1. The van der Waals surface area contributed by atoms with Crippen LogP contribution in [0.5, 0.6) is 5.75 Å². The first-order chi connectivity index (χ1) is 8.74. The summed E-state index contributed by atoms with van der Waals surface area (Å²) >= 11 is 5.76. The second-order valence-corrected chi connectivity index (χ2v) is 4.30. The zero-order valence-electron chi connectivity index (χ0n) is 9.31. The number of nitrogens with zero attached hydrogens (tertiary/aromatic N) is 1. The van der Waals surface area contributed by atoms with Gasteiger partial charge in [0.05, 0.1) is 10.5 Å². The van der Waals surface area contributed by atoms with Gasteiger partial charge in [-0.15, -0.1) is 0 Å². The minimum absolute atomic E-state index is 0.0444. The van der Waals surface area contributed by atoms with Crippen molar-refractivity contribution >= 4 is 34.0 Å². The van der Waals surface area contributed by atoms with E-state index in [2.05, 4.69) is 15.3 Å². The fraction of sp³-hybridized carbons (Fsp3) is 0. The Balaban J connectivity index is 2.01. The number of aromatic nitrogens is 2. The quantitative estimate of drug-likeness (QED) is 0.658. The van der Waals surface area contributed by atoms with Crippen molar-refractivity contribution in [1.29, 1.82) is 0 Å². The summed E-state index contributed by atoms with van der Waals surface area (Å²) in [5.74, 6) is 0.776. The lowest BCUT2D eigenvalue weighted by Crippen LogP contribution is -1.93. The average Bonchev–Trinajstić information content (AvgIpc) is 2.83. The molecular weight excluding hydrogens is 250 g/mol. The number of nitrogens with one attached hydrogen (secondary N) is 2. The molecule has 3 aromatic rings. The van der Waals surface area contributed by atoms with E-state index in [9.17, 15) is 5.11 Å². The van der Waals surface area contributed by atoms with Crippen LogP contribution in [0.3, 0.4) is 0 Å². The van der Waals surface area contributed by atoms with Crippen molar-refractivity contribution in [1.82, 2.24) is 9.97 Å². The number of H-pyrrole nitrogens is 1. The van der Waals surface area contributed by atoms with Crippen molar-refractivity contribution in [2.75, 3.05) is 5.32 Å². The van der Waals surface area contributed by atoms with E-state index in [4.69, 9.17) is 11.6 Å². The van der Waals surface area contributed by atoms with Crippen molar-refractivity contribution in [3.63, 3.8) is 0 Å². The smallest absolute Gasteiger partial charge is 0.139 e. The van der Waals surface area contributed by atoms with E-state index >= 15 is 0 Å². The summed E-state index contributed by atoms with van der Waals surface area (Å²) in [6, 6.07) is 8.83. The third kappa shape index (κ3) is 1.87. The highest BCUT2D eigenvalue weighted by atomic mass is 35.5. The number of pyridine rings is 1. The maximum absolute atomic E-state index is 9.55. The average molecular weight is 260 g/mol. The first kappa shape index (κ1) is 10.9. The molecule has 0 bridgehead atoms. The molecule has 3 N–H and O–H groups in total. The number of aromatic amines is 1. The molecule has 0 unspecified atom stereocenters. The van der Waals surface area contributed by atoms with Crippen LogP contribution in [0.15, 0.2) is 42.7 Å². The van der Waals surface area contributed by atoms with Gasteiger partial charge in [0.2, 0.25) is 0 Å². The molecule has 0 aliphatic rings. The van der Waals surface area contributed by atoms with Crippen molar-refractivity contribution in [3.8, 4) is 5.75 Å². The van der Waals surface area contributed by atoms with Gasteiger partial charge >= 0.3 is 0 Å². The Hall–Kier alpha value is -2.20. The molecule has 0 saturated carbocycles. The fourth-order valence-electron chi connectivity index (χ4n) is 1.81. The van der Waals surface area contributed by atoms with E-state index in [0.717, 1.165) is 22.4 Å². The van der Waals surface area contributed by atoms with Gasteiger partial charge < -0.3 is 15.4 Å². The largest absolute Gasteiger partial charge is 0.506 e. The van der Waals surface area contributed by atoms with Gasteiger partial charge in [0, 0.05) is 29.5 Å². The van der Waals surface area contributed by atoms with Crippen LogP contribution in [-0.2, 0) is 0 Å². The lowest BCUT2D eigenvalue weighted by Gasteiger charge is -2.07. The third-order valence-corrected chi connectivity index (χ3v) is 3.01. The van der Waals surface area contributed by atoms with Gasteiger partial charge in [0.1, 0.15) is 11.6 Å². The Morgan fingerprint density at radius 3 is 2.94 bits per heavy atom. The number of rotatable bonds is 2. The second kappa shape index (κ2) is 4.23. The number of hydrogen-bond donors (Lipinski definition) is 3. The first-order valence-electron chi connectivity index (χ1n) is 5.42. The summed E-state index contributed by atoms with van der Waals surface area (Å²) in [7, 11) is 0. The predicted molar refractivity (Wildman–Crippen MR) is 72.5 cm³/mol. The van der Waals surface area contributed by atoms with Gasteiger partial charge in [-0.25, -0.2) is 4.98 Å². The second-order valence-electron chi connectivity index (χ2n) is 3.89. The molecule has 0 amide bonds. The summed E-state index contributed by atoms with van der Waals surface area (Å²) in [4.78, 5) is 7.40. The Morgan fingerprint density at radius 2 is 2.11 bits per heavy atom. The lowest BCUT2D eigenvalue weighted by molar-refractivity contribution is 0.476. The molecule has 0 aliphatic heterocycles. The molecular formula is C13H10ClN3O. The maximum atomic E-state index is 9.55. The van der Waals surface area contributed by atoms with Crippen LogP contribution in [0.2, 0.25) is 5.02 Å². The summed E-state index contributed by atoms with van der Waals surface area (Å²) in [6.07, 6.45) is 3.58. The van der Waals surface area contributed by atoms with Crippen molar-refractivity contribution < 1.29 is 5.11 Å². The Kier molecular flexibility index (Phi) is 2.57. The Bertz CT molecular complexity index is 708. The van der Waals surface area contributed by atoms with E-state index in [1.807, 2.05) is 18.3 Å². The normalized spacial score (nSPS) is 10.7. The monoisotopic (exact) mass is 259 g/mol. The number of phenolic OH excluding ortho intramolecular Hbond substituents is 1. The number of hydrogen-bond acceptors (Lipinski definition) is 3. The molecule has 0 fully saturated rings. The SMILES string of the molecule is Oc1cc(Nc2nccc3[nH]ccc23)ccc1Cl.